The third-order valence-electron chi connectivity index (χ3n) is 5.75. The molecule has 1 saturated heterocycles. The molecule has 0 spiro atoms. The van der Waals surface area contributed by atoms with E-state index in [-0.39, 0.29) is 23.9 Å². The minimum atomic E-state index is -0.409. The molecule has 0 aliphatic carbocycles. The minimum Gasteiger partial charge on any atom is -0.336 e. The van der Waals surface area contributed by atoms with Crippen LogP contribution in [0.5, 0.6) is 0 Å². The van der Waals surface area contributed by atoms with E-state index < -0.39 is 5.91 Å². The third-order valence-corrected chi connectivity index (χ3v) is 6.00. The van der Waals surface area contributed by atoms with Crippen molar-refractivity contribution in [1.82, 2.24) is 9.88 Å². The van der Waals surface area contributed by atoms with Gasteiger partial charge in [-0.1, -0.05) is 23.7 Å². The third kappa shape index (κ3) is 4.51. The number of rotatable bonds is 5. The molecule has 154 valence electrons. The van der Waals surface area contributed by atoms with Gasteiger partial charge in [-0.15, -0.1) is 0 Å². The van der Waals surface area contributed by atoms with Crippen LogP contribution < -0.4 is 0 Å². The van der Waals surface area contributed by atoms with Crippen LogP contribution in [0.1, 0.15) is 36.3 Å². The van der Waals surface area contributed by atoms with Crippen LogP contribution in [-0.4, -0.2) is 34.7 Å². The lowest BCUT2D eigenvalue weighted by Crippen LogP contribution is -2.41. The molecule has 30 heavy (non-hydrogen) atoms. The van der Waals surface area contributed by atoms with Crippen LogP contribution in [0.3, 0.4) is 0 Å². The summed E-state index contributed by atoms with van der Waals surface area (Å²) in [5, 5.41) is 1.47. The van der Waals surface area contributed by atoms with E-state index in [9.17, 15) is 14.0 Å². The molecule has 1 amide bonds. The van der Waals surface area contributed by atoms with E-state index in [1.165, 1.54) is 12.1 Å². The quantitative estimate of drug-likeness (QED) is 0.545. The molecule has 2 aromatic carbocycles. The minimum absolute atomic E-state index is 0.189. The van der Waals surface area contributed by atoms with Gasteiger partial charge in [-0.2, -0.15) is 0 Å². The Labute approximate surface area is 179 Å². The summed E-state index contributed by atoms with van der Waals surface area (Å²) in [6.07, 6.45) is 3.94. The highest BCUT2D eigenvalue weighted by atomic mass is 35.5. The predicted octanol–water partition coefficient (Wildman–Crippen LogP) is 4.94. The summed E-state index contributed by atoms with van der Waals surface area (Å²) in [4.78, 5) is 30.9. The van der Waals surface area contributed by atoms with Gasteiger partial charge in [-0.3, -0.25) is 14.6 Å². The summed E-state index contributed by atoms with van der Waals surface area (Å²) in [5.74, 6) is -0.839. The Bertz CT molecular complexity index is 1080. The van der Waals surface area contributed by atoms with Gasteiger partial charge in [0, 0.05) is 36.1 Å². The SMILES string of the molecule is O=C(CCc1ccc(Cl)cc1)C(=O)N1CCC(c2ccnc3ccc(F)cc23)CC1. The molecule has 1 aliphatic heterocycles. The van der Waals surface area contributed by atoms with Crippen molar-refractivity contribution < 1.29 is 14.0 Å². The number of Topliss-reactive ketones (excluding diaryl/α,β-unsaturated/α-hetero) is 1. The first-order chi connectivity index (χ1) is 14.5. The fraction of sp³-hybridized carbons (Fsp3) is 0.292. The zero-order chi connectivity index (χ0) is 21.1. The second-order valence-electron chi connectivity index (χ2n) is 7.68. The summed E-state index contributed by atoms with van der Waals surface area (Å²) < 4.78 is 13.7. The monoisotopic (exact) mass is 424 g/mol. The largest absolute Gasteiger partial charge is 0.336 e. The predicted molar refractivity (Wildman–Crippen MR) is 115 cm³/mol. The van der Waals surface area contributed by atoms with Gasteiger partial charge in [0.2, 0.25) is 5.78 Å². The van der Waals surface area contributed by atoms with Crippen molar-refractivity contribution in [3.05, 3.63) is 76.7 Å². The first-order valence-corrected chi connectivity index (χ1v) is 10.5. The topological polar surface area (TPSA) is 50.3 Å². The van der Waals surface area contributed by atoms with E-state index in [0.29, 0.717) is 24.5 Å². The Morgan fingerprint density at radius 3 is 2.53 bits per heavy atom. The molecule has 4 nitrogen and oxygen atoms in total. The molecule has 1 aromatic heterocycles. The summed E-state index contributed by atoms with van der Waals surface area (Å²) in [7, 11) is 0. The molecule has 0 N–H and O–H groups in total. The summed E-state index contributed by atoms with van der Waals surface area (Å²) >= 11 is 5.87. The van der Waals surface area contributed by atoms with Crippen LogP contribution in [0.4, 0.5) is 4.39 Å². The first kappa shape index (κ1) is 20.5. The Kier molecular flexibility index (Phi) is 6.09. The number of carbonyl (C=O) groups excluding carboxylic acids is 2. The zero-order valence-corrected chi connectivity index (χ0v) is 17.2. The smallest absolute Gasteiger partial charge is 0.289 e. The van der Waals surface area contributed by atoms with Crippen molar-refractivity contribution in [1.29, 1.82) is 0 Å². The zero-order valence-electron chi connectivity index (χ0n) is 16.5. The number of hydrogen-bond donors (Lipinski definition) is 0. The van der Waals surface area contributed by atoms with E-state index >= 15 is 0 Å². The Morgan fingerprint density at radius 1 is 1.07 bits per heavy atom. The molecule has 6 heteroatoms. The van der Waals surface area contributed by atoms with Crippen molar-refractivity contribution in [2.24, 2.45) is 0 Å². The van der Waals surface area contributed by atoms with Gasteiger partial charge >= 0.3 is 0 Å². The lowest BCUT2D eigenvalue weighted by Gasteiger charge is -2.32. The van der Waals surface area contributed by atoms with Gasteiger partial charge in [0.1, 0.15) is 5.82 Å². The molecule has 0 unspecified atom stereocenters. The lowest BCUT2D eigenvalue weighted by atomic mass is 9.87. The first-order valence-electron chi connectivity index (χ1n) is 10.1. The molecule has 1 fully saturated rings. The molecule has 0 atom stereocenters. The van der Waals surface area contributed by atoms with Gasteiger partial charge in [0.15, 0.2) is 0 Å². The fourth-order valence-electron chi connectivity index (χ4n) is 4.08. The number of aryl methyl sites for hydroxylation is 1. The second kappa shape index (κ2) is 8.92. The van der Waals surface area contributed by atoms with Crippen LogP contribution in [-0.2, 0) is 16.0 Å². The molecular formula is C24H22ClFN2O2. The van der Waals surface area contributed by atoms with Crippen LogP contribution >= 0.6 is 11.6 Å². The average molecular weight is 425 g/mol. The van der Waals surface area contributed by atoms with Crippen LogP contribution in [0.15, 0.2) is 54.7 Å². The Hall–Kier alpha value is -2.79. The number of benzene rings is 2. The highest BCUT2D eigenvalue weighted by molar-refractivity contribution is 6.36. The van der Waals surface area contributed by atoms with Gasteiger partial charge < -0.3 is 4.90 Å². The van der Waals surface area contributed by atoms with Gasteiger partial charge in [-0.25, -0.2) is 4.39 Å². The average Bonchev–Trinajstić information content (AvgIpc) is 2.77. The number of nitrogens with zero attached hydrogens (tertiary/aromatic N) is 2. The number of hydrogen-bond acceptors (Lipinski definition) is 3. The van der Waals surface area contributed by atoms with Crippen molar-refractivity contribution in [3.63, 3.8) is 0 Å². The van der Waals surface area contributed by atoms with Crippen molar-refractivity contribution in [2.45, 2.75) is 31.6 Å². The number of amides is 1. The van der Waals surface area contributed by atoms with E-state index in [2.05, 4.69) is 4.98 Å². The molecule has 0 radical (unpaired) electrons. The van der Waals surface area contributed by atoms with E-state index in [4.69, 9.17) is 11.6 Å². The molecule has 0 saturated carbocycles. The Balaban J connectivity index is 1.36. The number of ketones is 1. The maximum Gasteiger partial charge on any atom is 0.289 e. The van der Waals surface area contributed by atoms with Crippen LogP contribution in [0.2, 0.25) is 5.02 Å². The molecule has 1 aliphatic rings. The summed E-state index contributed by atoms with van der Waals surface area (Å²) in [6.45, 7) is 1.05. The highest BCUT2D eigenvalue weighted by Gasteiger charge is 2.28. The van der Waals surface area contributed by atoms with Crippen LogP contribution in [0.25, 0.3) is 10.9 Å². The lowest BCUT2D eigenvalue weighted by molar-refractivity contribution is -0.145. The normalized spacial score (nSPS) is 14.8. The van der Waals surface area contributed by atoms with E-state index in [1.807, 2.05) is 18.2 Å². The van der Waals surface area contributed by atoms with Gasteiger partial charge in [0.25, 0.3) is 5.91 Å². The van der Waals surface area contributed by atoms with E-state index in [0.717, 1.165) is 34.9 Å². The maximum atomic E-state index is 13.7. The van der Waals surface area contributed by atoms with Gasteiger partial charge in [-0.05, 0) is 72.7 Å². The van der Waals surface area contributed by atoms with E-state index in [1.54, 1.807) is 29.3 Å². The standard InChI is InChI=1S/C24H22ClFN2O2/c25-18-4-1-16(2-5-18)3-8-23(29)24(30)28-13-10-17(11-14-28)20-9-12-27-22-7-6-19(26)15-21(20)22/h1-2,4-7,9,12,15,17H,3,8,10-11,13-14H2. The fourth-order valence-corrected chi connectivity index (χ4v) is 4.21. The number of aromatic nitrogens is 1. The number of halogens is 2. The summed E-state index contributed by atoms with van der Waals surface area (Å²) in [6, 6.07) is 13.9. The number of fused-ring (bicyclic) bond motifs is 1. The number of carbonyl (C=O) groups is 2. The molecule has 3 aromatic rings. The van der Waals surface area contributed by atoms with Crippen molar-refractivity contribution in [3.8, 4) is 0 Å². The number of piperidine rings is 1. The second-order valence-corrected chi connectivity index (χ2v) is 8.11. The molecule has 0 bridgehead atoms. The Morgan fingerprint density at radius 2 is 1.80 bits per heavy atom. The highest BCUT2D eigenvalue weighted by Crippen LogP contribution is 2.32. The number of pyridine rings is 1. The van der Waals surface area contributed by atoms with Gasteiger partial charge in [0.05, 0.1) is 5.52 Å². The van der Waals surface area contributed by atoms with Crippen molar-refractivity contribution >= 4 is 34.2 Å². The molecule has 2 heterocycles. The number of likely N-dealkylation sites (tertiary alicyclic amines) is 1. The van der Waals surface area contributed by atoms with Crippen LogP contribution in [0, 0.1) is 5.82 Å². The molecular weight excluding hydrogens is 403 g/mol. The molecule has 4 rings (SSSR count). The van der Waals surface area contributed by atoms with Crippen molar-refractivity contribution in [2.75, 3.05) is 13.1 Å². The maximum absolute atomic E-state index is 13.7. The summed E-state index contributed by atoms with van der Waals surface area (Å²) in [5.41, 5.74) is 2.81.